The maximum absolute atomic E-state index is 13.4. The monoisotopic (exact) mass is 436 g/mol. The highest BCUT2D eigenvalue weighted by molar-refractivity contribution is 5.80. The fraction of sp³-hybridized carbons (Fsp3) is 0.583. The van der Waals surface area contributed by atoms with E-state index in [9.17, 15) is 4.79 Å². The number of ether oxygens (including phenoxy) is 1. The number of pyridine rings is 1. The fourth-order valence-electron chi connectivity index (χ4n) is 5.45. The summed E-state index contributed by atoms with van der Waals surface area (Å²) in [5, 5.41) is 14.0. The van der Waals surface area contributed by atoms with Gasteiger partial charge < -0.3 is 9.72 Å². The van der Waals surface area contributed by atoms with Gasteiger partial charge in [-0.3, -0.25) is 9.69 Å². The summed E-state index contributed by atoms with van der Waals surface area (Å²) in [5.74, 6) is 2.10. The Morgan fingerprint density at radius 3 is 2.75 bits per heavy atom. The number of nitrogens with one attached hydrogen (secondary N) is 1. The topological polar surface area (TPSA) is 88.9 Å². The third-order valence-corrected chi connectivity index (χ3v) is 7.11. The zero-order chi connectivity index (χ0) is 22.1. The van der Waals surface area contributed by atoms with Crippen LogP contribution in [-0.4, -0.2) is 50.3 Å². The highest BCUT2D eigenvalue weighted by atomic mass is 16.5. The summed E-state index contributed by atoms with van der Waals surface area (Å²) in [6.07, 6.45) is 8.19. The van der Waals surface area contributed by atoms with Crippen LogP contribution in [0.2, 0.25) is 0 Å². The molecule has 1 N–H and O–H groups in total. The fourth-order valence-corrected chi connectivity index (χ4v) is 5.45. The van der Waals surface area contributed by atoms with Crippen LogP contribution in [0.5, 0.6) is 5.75 Å². The predicted octanol–water partition coefficient (Wildman–Crippen LogP) is 3.85. The first-order valence-electron chi connectivity index (χ1n) is 11.9. The molecule has 1 saturated carbocycles. The van der Waals surface area contributed by atoms with Crippen LogP contribution in [0.3, 0.4) is 0 Å². The first-order valence-corrected chi connectivity index (χ1v) is 11.9. The normalized spacial score (nSPS) is 21.6. The average Bonchev–Trinajstić information content (AvgIpc) is 3.29. The largest absolute Gasteiger partial charge is 0.497 e. The Labute approximate surface area is 188 Å². The van der Waals surface area contributed by atoms with Crippen molar-refractivity contribution in [3.8, 4) is 5.75 Å². The van der Waals surface area contributed by atoms with E-state index < -0.39 is 0 Å². The second kappa shape index (κ2) is 9.02. The molecule has 3 heterocycles. The standard InChI is InChI=1S/C24H32N6O2/c1-16-7-6-12-29(15-16)22(23-26-27-28-30(23)18-8-4-3-5-9-18)20-13-17-10-11-19(32-2)14-21(17)25-24(20)31/h10-11,13-14,16,18,22H,3-9,12,15H2,1-2H3,(H,25,31)/t16-,22-/m0/s1. The molecule has 8 heteroatoms. The molecule has 170 valence electrons. The molecule has 2 aromatic heterocycles. The van der Waals surface area contributed by atoms with Crippen molar-refractivity contribution in [3.63, 3.8) is 0 Å². The molecule has 1 saturated heterocycles. The lowest BCUT2D eigenvalue weighted by Crippen LogP contribution is -2.41. The Kier molecular flexibility index (Phi) is 5.95. The minimum atomic E-state index is -0.259. The number of hydrogen-bond acceptors (Lipinski definition) is 6. The second-order valence-electron chi connectivity index (χ2n) is 9.43. The van der Waals surface area contributed by atoms with E-state index in [2.05, 4.69) is 32.3 Å². The van der Waals surface area contributed by atoms with Crippen LogP contribution < -0.4 is 10.3 Å². The zero-order valence-electron chi connectivity index (χ0n) is 19.0. The first kappa shape index (κ1) is 21.1. The van der Waals surface area contributed by atoms with Crippen molar-refractivity contribution >= 4 is 10.9 Å². The lowest BCUT2D eigenvalue weighted by molar-refractivity contribution is 0.138. The van der Waals surface area contributed by atoms with Crippen molar-refractivity contribution in [3.05, 3.63) is 46.0 Å². The molecule has 1 aliphatic carbocycles. The van der Waals surface area contributed by atoms with E-state index in [0.29, 0.717) is 17.5 Å². The van der Waals surface area contributed by atoms with Crippen LogP contribution >= 0.6 is 0 Å². The first-order chi connectivity index (χ1) is 15.6. The molecule has 5 rings (SSSR count). The number of nitrogens with zero attached hydrogens (tertiary/aromatic N) is 5. The number of piperidine rings is 1. The average molecular weight is 437 g/mol. The summed E-state index contributed by atoms with van der Waals surface area (Å²) in [4.78, 5) is 18.9. The minimum Gasteiger partial charge on any atom is -0.497 e. The summed E-state index contributed by atoms with van der Waals surface area (Å²) < 4.78 is 7.34. The third kappa shape index (κ3) is 4.03. The van der Waals surface area contributed by atoms with Gasteiger partial charge in [-0.15, -0.1) is 5.10 Å². The summed E-state index contributed by atoms with van der Waals surface area (Å²) in [6.45, 7) is 4.15. The number of fused-ring (bicyclic) bond motifs is 1. The number of hydrogen-bond donors (Lipinski definition) is 1. The maximum Gasteiger partial charge on any atom is 0.253 e. The SMILES string of the molecule is COc1ccc2cc([C@@H](c3nnnn3C3CCCCC3)N3CCC[C@H](C)C3)c(=O)[nH]c2c1. The predicted molar refractivity (Wildman–Crippen MR) is 123 cm³/mol. The number of benzene rings is 1. The molecule has 32 heavy (non-hydrogen) atoms. The number of tetrazole rings is 1. The Bertz CT molecular complexity index is 1130. The lowest BCUT2D eigenvalue weighted by Gasteiger charge is -2.37. The summed E-state index contributed by atoms with van der Waals surface area (Å²) in [5.41, 5.74) is 1.39. The van der Waals surface area contributed by atoms with Crippen LogP contribution in [0.15, 0.2) is 29.1 Å². The van der Waals surface area contributed by atoms with E-state index >= 15 is 0 Å². The van der Waals surface area contributed by atoms with Gasteiger partial charge in [-0.1, -0.05) is 26.2 Å². The Hall–Kier alpha value is -2.74. The smallest absolute Gasteiger partial charge is 0.253 e. The molecule has 0 spiro atoms. The molecule has 2 fully saturated rings. The maximum atomic E-state index is 13.4. The zero-order valence-corrected chi connectivity index (χ0v) is 19.0. The van der Waals surface area contributed by atoms with Gasteiger partial charge in [0.25, 0.3) is 5.56 Å². The van der Waals surface area contributed by atoms with Gasteiger partial charge in [-0.25, -0.2) is 4.68 Å². The van der Waals surface area contributed by atoms with Gasteiger partial charge in [0, 0.05) is 18.2 Å². The van der Waals surface area contributed by atoms with Crippen LogP contribution in [0.1, 0.15) is 75.3 Å². The molecule has 0 amide bonds. The van der Waals surface area contributed by atoms with Gasteiger partial charge in [0.15, 0.2) is 5.82 Å². The quantitative estimate of drug-likeness (QED) is 0.654. The summed E-state index contributed by atoms with van der Waals surface area (Å²) in [7, 11) is 1.63. The van der Waals surface area contributed by atoms with E-state index in [4.69, 9.17) is 4.74 Å². The number of rotatable bonds is 5. The summed E-state index contributed by atoms with van der Waals surface area (Å²) >= 11 is 0. The van der Waals surface area contributed by atoms with Crippen molar-refractivity contribution < 1.29 is 4.74 Å². The van der Waals surface area contributed by atoms with Crippen molar-refractivity contribution in [2.45, 2.75) is 64.0 Å². The second-order valence-corrected chi connectivity index (χ2v) is 9.43. The molecule has 2 aliphatic rings. The highest BCUT2D eigenvalue weighted by Gasteiger charge is 2.34. The number of methoxy groups -OCH3 is 1. The number of likely N-dealkylation sites (tertiary alicyclic amines) is 1. The van der Waals surface area contributed by atoms with Crippen molar-refractivity contribution in [1.29, 1.82) is 0 Å². The lowest BCUT2D eigenvalue weighted by atomic mass is 9.93. The van der Waals surface area contributed by atoms with Gasteiger partial charge in [0.2, 0.25) is 0 Å². The van der Waals surface area contributed by atoms with Crippen LogP contribution in [-0.2, 0) is 0 Å². The minimum absolute atomic E-state index is 0.0906. The molecule has 0 unspecified atom stereocenters. The number of H-pyrrole nitrogens is 1. The van der Waals surface area contributed by atoms with Gasteiger partial charge in [0.05, 0.1) is 18.7 Å². The van der Waals surface area contributed by atoms with Crippen molar-refractivity contribution in [2.75, 3.05) is 20.2 Å². The van der Waals surface area contributed by atoms with Gasteiger partial charge in [-0.2, -0.15) is 0 Å². The van der Waals surface area contributed by atoms with Gasteiger partial charge in [-0.05, 0) is 72.2 Å². The van der Waals surface area contributed by atoms with Gasteiger partial charge in [0.1, 0.15) is 11.8 Å². The molecule has 0 radical (unpaired) electrons. The third-order valence-electron chi connectivity index (χ3n) is 7.11. The summed E-state index contributed by atoms with van der Waals surface area (Å²) in [6, 6.07) is 7.84. The van der Waals surface area contributed by atoms with E-state index in [-0.39, 0.29) is 11.6 Å². The molecule has 0 bridgehead atoms. The number of aromatic nitrogens is 5. The van der Waals surface area contributed by atoms with E-state index in [1.165, 1.54) is 25.7 Å². The molecule has 1 aliphatic heterocycles. The van der Waals surface area contributed by atoms with Crippen LogP contribution in [0.25, 0.3) is 10.9 Å². The van der Waals surface area contributed by atoms with Gasteiger partial charge >= 0.3 is 0 Å². The highest BCUT2D eigenvalue weighted by Crippen LogP contribution is 2.35. The molecule has 1 aromatic carbocycles. The molecular weight excluding hydrogens is 404 g/mol. The van der Waals surface area contributed by atoms with Crippen LogP contribution in [0.4, 0.5) is 0 Å². The van der Waals surface area contributed by atoms with E-state index in [1.54, 1.807) is 7.11 Å². The van der Waals surface area contributed by atoms with Crippen molar-refractivity contribution in [1.82, 2.24) is 30.1 Å². The molecule has 2 atom stereocenters. The van der Waals surface area contributed by atoms with Crippen LogP contribution in [0, 0.1) is 5.92 Å². The Morgan fingerprint density at radius 2 is 1.97 bits per heavy atom. The van der Waals surface area contributed by atoms with Crippen molar-refractivity contribution in [2.24, 2.45) is 5.92 Å². The molecular formula is C24H32N6O2. The van der Waals surface area contributed by atoms with E-state index in [0.717, 1.165) is 54.8 Å². The Morgan fingerprint density at radius 1 is 1.12 bits per heavy atom. The number of aromatic amines is 1. The molecule has 8 nitrogen and oxygen atoms in total. The Balaban J connectivity index is 1.62. The van der Waals surface area contributed by atoms with E-state index in [1.807, 2.05) is 28.9 Å². The molecule has 3 aromatic rings.